The minimum absolute atomic E-state index is 0.752. The Kier molecular flexibility index (Phi) is 5.91. The molecule has 0 aromatic heterocycles. The van der Waals surface area contributed by atoms with E-state index < -0.39 is 8.32 Å². The molecule has 112 valence electrons. The molecule has 1 aliphatic heterocycles. The van der Waals surface area contributed by atoms with Gasteiger partial charge in [-0.2, -0.15) is 0 Å². The predicted molar refractivity (Wildman–Crippen MR) is 84.9 cm³/mol. The lowest BCUT2D eigenvalue weighted by molar-refractivity contribution is 0.171. The number of hydrogen-bond donors (Lipinski definition) is 0. The van der Waals surface area contributed by atoms with Gasteiger partial charge in [0.05, 0.1) is 0 Å². The lowest BCUT2D eigenvalue weighted by Crippen LogP contribution is -2.55. The maximum Gasteiger partial charge on any atom is 0.202 e. The van der Waals surface area contributed by atoms with Gasteiger partial charge in [-0.15, -0.1) is 0 Å². The molecule has 19 heavy (non-hydrogen) atoms. The molecule has 1 saturated heterocycles. The summed E-state index contributed by atoms with van der Waals surface area (Å²) in [6.45, 7) is 7.50. The molecule has 0 N–H and O–H groups in total. The molecule has 0 aromatic carbocycles. The minimum Gasteiger partial charge on any atom is -0.419 e. The number of nitrogens with zero attached hydrogens (tertiary/aromatic N) is 1. The summed E-state index contributed by atoms with van der Waals surface area (Å²) in [5.74, 6) is 0.969. The lowest BCUT2D eigenvalue weighted by Gasteiger charge is -2.41. The van der Waals surface area contributed by atoms with Gasteiger partial charge in [0, 0.05) is 19.3 Å². The normalized spacial score (nSPS) is 28.3. The van der Waals surface area contributed by atoms with Gasteiger partial charge >= 0.3 is 0 Å². The van der Waals surface area contributed by atoms with Crippen LogP contribution in [0.4, 0.5) is 0 Å². The maximum atomic E-state index is 5.95. The van der Waals surface area contributed by atoms with Crippen LogP contribution >= 0.6 is 0 Å². The first kappa shape index (κ1) is 15.5. The van der Waals surface area contributed by atoms with E-state index in [0.29, 0.717) is 0 Å². The third kappa shape index (κ3) is 4.30. The Hall–Kier alpha value is 0.137. The van der Waals surface area contributed by atoms with Crippen molar-refractivity contribution in [1.29, 1.82) is 0 Å². The highest BCUT2D eigenvalue weighted by Crippen LogP contribution is 2.30. The quantitative estimate of drug-likeness (QED) is 0.717. The van der Waals surface area contributed by atoms with Gasteiger partial charge in [0.2, 0.25) is 8.32 Å². The van der Waals surface area contributed by atoms with Crippen LogP contribution in [-0.2, 0) is 4.43 Å². The minimum atomic E-state index is -1.53. The van der Waals surface area contributed by atoms with Crippen LogP contribution in [0, 0.1) is 5.92 Å². The molecule has 1 saturated carbocycles. The van der Waals surface area contributed by atoms with E-state index in [-0.39, 0.29) is 0 Å². The molecular weight excluding hydrogens is 250 g/mol. The molecule has 2 rings (SSSR count). The highest BCUT2D eigenvalue weighted by atomic mass is 28.4. The molecule has 0 radical (unpaired) electrons. The summed E-state index contributed by atoms with van der Waals surface area (Å²) in [6.07, 6.45) is 13.0. The summed E-state index contributed by atoms with van der Waals surface area (Å²) < 4.78 is 5.95. The summed E-state index contributed by atoms with van der Waals surface area (Å²) in [5, 5.41) is 0. The van der Waals surface area contributed by atoms with Gasteiger partial charge in [-0.3, -0.25) is 0 Å². The summed E-state index contributed by atoms with van der Waals surface area (Å²) in [5.41, 5.74) is 0.752. The van der Waals surface area contributed by atoms with Crippen LogP contribution in [0.3, 0.4) is 0 Å². The second-order valence-corrected chi connectivity index (χ2v) is 11.5. The van der Waals surface area contributed by atoms with Crippen molar-refractivity contribution in [3.05, 3.63) is 0 Å². The SMILES string of the molecule is CO[Si](C)(C)C1CCCCCN1CC1CCCCC1. The van der Waals surface area contributed by atoms with Crippen molar-refractivity contribution >= 4 is 8.32 Å². The molecule has 1 heterocycles. The molecule has 0 amide bonds. The first-order chi connectivity index (χ1) is 9.13. The zero-order chi connectivity index (χ0) is 13.7. The van der Waals surface area contributed by atoms with Crippen molar-refractivity contribution in [3.63, 3.8) is 0 Å². The summed E-state index contributed by atoms with van der Waals surface area (Å²) in [6, 6.07) is 0. The van der Waals surface area contributed by atoms with Crippen molar-refractivity contribution in [3.8, 4) is 0 Å². The van der Waals surface area contributed by atoms with E-state index in [1.165, 1.54) is 70.9 Å². The van der Waals surface area contributed by atoms with Gasteiger partial charge in [-0.25, -0.2) is 0 Å². The zero-order valence-corrected chi connectivity index (χ0v) is 14.3. The average molecular weight is 284 g/mol. The van der Waals surface area contributed by atoms with Crippen molar-refractivity contribution in [1.82, 2.24) is 4.90 Å². The zero-order valence-electron chi connectivity index (χ0n) is 13.3. The Balaban J connectivity index is 1.99. The molecule has 3 heteroatoms. The molecular formula is C16H33NOSi. The van der Waals surface area contributed by atoms with E-state index in [4.69, 9.17) is 4.43 Å². The Morgan fingerprint density at radius 2 is 1.58 bits per heavy atom. The third-order valence-electron chi connectivity index (χ3n) is 5.41. The third-order valence-corrected chi connectivity index (χ3v) is 8.72. The Bertz CT molecular complexity index is 263. The molecule has 0 aromatic rings. The summed E-state index contributed by atoms with van der Waals surface area (Å²) >= 11 is 0. The molecule has 2 aliphatic rings. The lowest BCUT2D eigenvalue weighted by atomic mass is 9.89. The highest BCUT2D eigenvalue weighted by Gasteiger charge is 2.38. The fourth-order valence-corrected chi connectivity index (χ4v) is 6.30. The van der Waals surface area contributed by atoms with Gasteiger partial charge in [0.25, 0.3) is 0 Å². The Morgan fingerprint density at radius 3 is 2.26 bits per heavy atom. The first-order valence-corrected chi connectivity index (χ1v) is 11.4. The molecule has 2 fully saturated rings. The van der Waals surface area contributed by atoms with E-state index in [1.807, 2.05) is 7.11 Å². The molecule has 0 bridgehead atoms. The van der Waals surface area contributed by atoms with Gasteiger partial charge in [-0.1, -0.05) is 32.1 Å². The van der Waals surface area contributed by atoms with E-state index >= 15 is 0 Å². The average Bonchev–Trinajstić information content (AvgIpc) is 2.66. The van der Waals surface area contributed by atoms with Crippen molar-refractivity contribution < 1.29 is 4.43 Å². The molecule has 1 atom stereocenters. The van der Waals surface area contributed by atoms with Crippen LogP contribution < -0.4 is 0 Å². The highest BCUT2D eigenvalue weighted by molar-refractivity contribution is 6.72. The van der Waals surface area contributed by atoms with E-state index in [2.05, 4.69) is 18.0 Å². The van der Waals surface area contributed by atoms with Gasteiger partial charge in [0.15, 0.2) is 0 Å². The van der Waals surface area contributed by atoms with Crippen LogP contribution in [0.2, 0.25) is 13.1 Å². The number of likely N-dealkylation sites (tertiary alicyclic amines) is 1. The second-order valence-electron chi connectivity index (χ2n) is 7.17. The van der Waals surface area contributed by atoms with Crippen molar-refractivity contribution in [2.45, 2.75) is 76.5 Å². The van der Waals surface area contributed by atoms with Gasteiger partial charge in [-0.05, 0) is 51.2 Å². The number of hydrogen-bond acceptors (Lipinski definition) is 2. The topological polar surface area (TPSA) is 12.5 Å². The Labute approximate surface area is 121 Å². The summed E-state index contributed by atoms with van der Waals surface area (Å²) in [4.78, 5) is 2.83. The van der Waals surface area contributed by atoms with Crippen LogP contribution in [0.5, 0.6) is 0 Å². The van der Waals surface area contributed by atoms with Crippen molar-refractivity contribution in [2.24, 2.45) is 5.92 Å². The monoisotopic (exact) mass is 283 g/mol. The number of rotatable bonds is 4. The molecule has 2 nitrogen and oxygen atoms in total. The fraction of sp³-hybridized carbons (Fsp3) is 1.00. The molecule has 1 unspecified atom stereocenters. The second kappa shape index (κ2) is 7.23. The van der Waals surface area contributed by atoms with Crippen LogP contribution in [0.1, 0.15) is 57.8 Å². The maximum absolute atomic E-state index is 5.95. The van der Waals surface area contributed by atoms with Crippen LogP contribution in [0.15, 0.2) is 0 Å². The molecule has 0 spiro atoms. The summed E-state index contributed by atoms with van der Waals surface area (Å²) in [7, 11) is 0.410. The largest absolute Gasteiger partial charge is 0.419 e. The molecule has 1 aliphatic carbocycles. The van der Waals surface area contributed by atoms with Crippen molar-refractivity contribution in [2.75, 3.05) is 20.2 Å². The van der Waals surface area contributed by atoms with E-state index in [0.717, 1.165) is 11.6 Å². The predicted octanol–water partition coefficient (Wildman–Crippen LogP) is 4.20. The Morgan fingerprint density at radius 1 is 0.947 bits per heavy atom. The fourth-order valence-electron chi connectivity index (χ4n) is 4.01. The van der Waals surface area contributed by atoms with Crippen LogP contribution in [-0.4, -0.2) is 39.1 Å². The van der Waals surface area contributed by atoms with Crippen LogP contribution in [0.25, 0.3) is 0 Å². The van der Waals surface area contributed by atoms with Gasteiger partial charge in [0.1, 0.15) is 0 Å². The van der Waals surface area contributed by atoms with E-state index in [9.17, 15) is 0 Å². The smallest absolute Gasteiger partial charge is 0.202 e. The van der Waals surface area contributed by atoms with E-state index in [1.54, 1.807) is 0 Å². The van der Waals surface area contributed by atoms with Gasteiger partial charge < -0.3 is 9.33 Å². The first-order valence-electron chi connectivity index (χ1n) is 8.42. The standard InChI is InChI=1S/C16H33NOSi/c1-18-19(2,3)16-12-8-5-9-13-17(16)14-15-10-6-4-7-11-15/h15-16H,4-14H2,1-3H3.